The molecule has 4 nitrogen and oxygen atoms in total. The van der Waals surface area contributed by atoms with Gasteiger partial charge in [-0.25, -0.2) is 4.79 Å². The van der Waals surface area contributed by atoms with Crippen LogP contribution in [0.2, 0.25) is 0 Å². The first-order valence-electron chi connectivity index (χ1n) is 7.22. The third-order valence-electron chi connectivity index (χ3n) is 2.99. The topological polar surface area (TPSA) is 41.9 Å². The van der Waals surface area contributed by atoms with E-state index in [1.165, 1.54) is 5.57 Å². The van der Waals surface area contributed by atoms with Crippen LogP contribution in [0.5, 0.6) is 0 Å². The number of rotatable bonds is 3. The van der Waals surface area contributed by atoms with Crippen molar-refractivity contribution in [3.63, 3.8) is 0 Å². The summed E-state index contributed by atoms with van der Waals surface area (Å²) in [7, 11) is 0. The van der Waals surface area contributed by atoms with E-state index in [0.29, 0.717) is 13.1 Å². The quantitative estimate of drug-likeness (QED) is 0.734. The van der Waals surface area contributed by atoms with E-state index in [-0.39, 0.29) is 6.09 Å². The van der Waals surface area contributed by atoms with Gasteiger partial charge in [-0.3, -0.25) is 4.99 Å². The van der Waals surface area contributed by atoms with Crippen LogP contribution < -0.4 is 0 Å². The van der Waals surface area contributed by atoms with Gasteiger partial charge in [-0.2, -0.15) is 0 Å². The van der Waals surface area contributed by atoms with E-state index < -0.39 is 5.60 Å². The minimum atomic E-state index is -0.440. The van der Waals surface area contributed by atoms with Gasteiger partial charge in [0.1, 0.15) is 5.60 Å². The van der Waals surface area contributed by atoms with Gasteiger partial charge in [0, 0.05) is 19.3 Å². The van der Waals surface area contributed by atoms with Gasteiger partial charge < -0.3 is 9.64 Å². The predicted octanol–water partition coefficient (Wildman–Crippen LogP) is 3.94. The van der Waals surface area contributed by atoms with Gasteiger partial charge in [0.05, 0.1) is 5.70 Å². The second-order valence-corrected chi connectivity index (χ2v) is 5.88. The average Bonchev–Trinajstić information content (AvgIpc) is 2.38. The molecule has 112 valence electrons. The average molecular weight is 278 g/mol. The minimum Gasteiger partial charge on any atom is -0.444 e. The highest BCUT2D eigenvalue weighted by atomic mass is 16.6. The number of carbonyl (C=O) groups is 1. The maximum atomic E-state index is 12.0. The number of piperidine rings is 1. The van der Waals surface area contributed by atoms with Crippen molar-refractivity contribution >= 4 is 12.3 Å². The summed E-state index contributed by atoms with van der Waals surface area (Å²) in [4.78, 5) is 18.1. The molecule has 0 unspecified atom stereocenters. The second-order valence-electron chi connectivity index (χ2n) is 5.88. The van der Waals surface area contributed by atoms with Crippen molar-refractivity contribution in [3.8, 4) is 0 Å². The van der Waals surface area contributed by atoms with Crippen LogP contribution in [-0.4, -0.2) is 35.9 Å². The molecule has 1 heterocycles. The summed E-state index contributed by atoms with van der Waals surface area (Å²) < 4.78 is 5.39. The maximum absolute atomic E-state index is 12.0. The number of allylic oxidation sites excluding steroid dienone is 1. The molecule has 0 N–H and O–H groups in total. The van der Waals surface area contributed by atoms with Gasteiger partial charge in [0.25, 0.3) is 0 Å². The molecule has 1 saturated heterocycles. The lowest BCUT2D eigenvalue weighted by molar-refractivity contribution is 0.0236. The summed E-state index contributed by atoms with van der Waals surface area (Å²) in [6, 6.07) is 0. The molecule has 0 saturated carbocycles. The number of ether oxygens (including phenoxy) is 1. The third-order valence-corrected chi connectivity index (χ3v) is 2.99. The summed E-state index contributed by atoms with van der Waals surface area (Å²) >= 11 is 0. The Labute approximate surface area is 122 Å². The fourth-order valence-electron chi connectivity index (χ4n) is 2.02. The van der Waals surface area contributed by atoms with E-state index in [2.05, 4.69) is 18.5 Å². The van der Waals surface area contributed by atoms with Crippen molar-refractivity contribution in [3.05, 3.63) is 23.9 Å². The Balaban J connectivity index is 2.63. The van der Waals surface area contributed by atoms with E-state index in [1.54, 1.807) is 11.0 Å². The van der Waals surface area contributed by atoms with E-state index in [4.69, 9.17) is 4.74 Å². The van der Waals surface area contributed by atoms with Crippen LogP contribution in [0.1, 0.15) is 47.0 Å². The standard InChI is InChI=1S/C16H26N2O2/c1-6-10-17-14(7-2)13-8-11-18(12-9-13)15(19)20-16(3,4)5/h7,10H,2,6,8-9,11-12H2,1,3-5H3. The molecule has 1 amide bonds. The number of nitrogens with zero attached hydrogens (tertiary/aromatic N) is 2. The molecular weight excluding hydrogens is 252 g/mol. The Bertz CT molecular complexity index is 407. The lowest BCUT2D eigenvalue weighted by Gasteiger charge is -2.31. The van der Waals surface area contributed by atoms with E-state index >= 15 is 0 Å². The van der Waals surface area contributed by atoms with Crippen LogP contribution in [0.3, 0.4) is 0 Å². The zero-order valence-corrected chi connectivity index (χ0v) is 13.1. The Hall–Kier alpha value is -1.58. The number of amides is 1. The van der Waals surface area contributed by atoms with Crippen molar-refractivity contribution in [2.24, 2.45) is 4.99 Å². The van der Waals surface area contributed by atoms with Crippen molar-refractivity contribution < 1.29 is 9.53 Å². The predicted molar refractivity (Wildman–Crippen MR) is 83.0 cm³/mol. The van der Waals surface area contributed by atoms with Crippen LogP contribution in [-0.2, 0) is 4.74 Å². The molecule has 1 rings (SSSR count). The molecule has 4 heteroatoms. The highest BCUT2D eigenvalue weighted by Gasteiger charge is 2.25. The van der Waals surface area contributed by atoms with Gasteiger partial charge in [-0.15, -0.1) is 0 Å². The fourth-order valence-corrected chi connectivity index (χ4v) is 2.02. The van der Waals surface area contributed by atoms with Gasteiger partial charge in [0.15, 0.2) is 0 Å². The third kappa shape index (κ3) is 5.19. The van der Waals surface area contributed by atoms with Gasteiger partial charge in [-0.05, 0) is 51.7 Å². The molecule has 0 aromatic carbocycles. The first kappa shape index (κ1) is 16.5. The van der Waals surface area contributed by atoms with Crippen molar-refractivity contribution in [1.82, 2.24) is 4.90 Å². The van der Waals surface area contributed by atoms with Crippen LogP contribution in [0.4, 0.5) is 4.79 Å². The summed E-state index contributed by atoms with van der Waals surface area (Å²) in [5.41, 5.74) is 1.78. The first-order valence-corrected chi connectivity index (χ1v) is 7.22. The van der Waals surface area contributed by atoms with Crippen LogP contribution in [0.25, 0.3) is 0 Å². The second kappa shape index (κ2) is 7.27. The fraction of sp³-hybridized carbons (Fsp3) is 0.625. The molecule has 0 aromatic rings. The molecule has 0 aliphatic carbocycles. The van der Waals surface area contributed by atoms with E-state index in [0.717, 1.165) is 25.0 Å². The summed E-state index contributed by atoms with van der Waals surface area (Å²) in [6.07, 6.45) is 6.04. The van der Waals surface area contributed by atoms with Gasteiger partial charge in [0.2, 0.25) is 0 Å². The number of likely N-dealkylation sites (tertiary alicyclic amines) is 1. The zero-order chi connectivity index (χ0) is 15.2. The summed E-state index contributed by atoms with van der Waals surface area (Å²) in [5.74, 6) is 0. The molecule has 0 bridgehead atoms. The number of carbonyl (C=O) groups excluding carboxylic acids is 1. The van der Waals surface area contributed by atoms with Gasteiger partial charge in [-0.1, -0.05) is 13.5 Å². The Morgan fingerprint density at radius 2 is 2.00 bits per heavy atom. The lowest BCUT2D eigenvalue weighted by atomic mass is 10.0. The first-order chi connectivity index (χ1) is 9.37. The summed E-state index contributed by atoms with van der Waals surface area (Å²) in [5, 5.41) is 0. The smallest absolute Gasteiger partial charge is 0.410 e. The monoisotopic (exact) mass is 278 g/mol. The van der Waals surface area contributed by atoms with Crippen LogP contribution in [0, 0.1) is 0 Å². The normalized spacial score (nSPS) is 16.4. The molecule has 1 fully saturated rings. The summed E-state index contributed by atoms with van der Waals surface area (Å²) in [6.45, 7) is 12.9. The van der Waals surface area contributed by atoms with E-state index in [1.807, 2.05) is 27.0 Å². The molecule has 0 radical (unpaired) electrons. The largest absolute Gasteiger partial charge is 0.444 e. The molecule has 0 aromatic heterocycles. The maximum Gasteiger partial charge on any atom is 0.410 e. The van der Waals surface area contributed by atoms with Crippen LogP contribution in [0.15, 0.2) is 28.9 Å². The molecule has 0 atom stereocenters. The molecule has 1 aliphatic rings. The van der Waals surface area contributed by atoms with Crippen molar-refractivity contribution in [2.45, 2.75) is 52.6 Å². The molecule has 0 spiro atoms. The SMILES string of the molecule is C=CC(N=CCC)=C1CCN(C(=O)OC(C)(C)C)CC1. The zero-order valence-electron chi connectivity index (χ0n) is 13.1. The van der Waals surface area contributed by atoms with Crippen molar-refractivity contribution in [2.75, 3.05) is 13.1 Å². The van der Waals surface area contributed by atoms with Gasteiger partial charge >= 0.3 is 6.09 Å². The van der Waals surface area contributed by atoms with Crippen LogP contribution >= 0.6 is 0 Å². The van der Waals surface area contributed by atoms with Crippen molar-refractivity contribution in [1.29, 1.82) is 0 Å². The lowest BCUT2D eigenvalue weighted by Crippen LogP contribution is -2.40. The highest BCUT2D eigenvalue weighted by molar-refractivity contribution is 5.68. The highest BCUT2D eigenvalue weighted by Crippen LogP contribution is 2.22. The Morgan fingerprint density at radius 3 is 2.45 bits per heavy atom. The Morgan fingerprint density at radius 1 is 1.40 bits per heavy atom. The molecule has 1 aliphatic heterocycles. The van der Waals surface area contributed by atoms with E-state index in [9.17, 15) is 4.79 Å². The molecular formula is C16H26N2O2. The Kier molecular flexibility index (Phi) is 5.99. The number of hydrogen-bond donors (Lipinski definition) is 0. The number of aliphatic imine (C=N–C) groups is 1. The molecule has 20 heavy (non-hydrogen) atoms. The minimum absolute atomic E-state index is 0.228. The number of hydrogen-bond acceptors (Lipinski definition) is 3.